The summed E-state index contributed by atoms with van der Waals surface area (Å²) in [6.07, 6.45) is 2.80. The van der Waals surface area contributed by atoms with Crippen LogP contribution in [0.2, 0.25) is 0 Å². The van der Waals surface area contributed by atoms with Crippen molar-refractivity contribution in [1.82, 2.24) is 14.8 Å². The SMILES string of the molecule is S=C(Nc1ccccc1)N1N=C(c2ccc(Br)cc2)CC1c1cn(-c2ccccc2)nc1-c1ccccc1. The maximum absolute atomic E-state index is 5.93. The van der Waals surface area contributed by atoms with E-state index in [0.717, 1.165) is 43.9 Å². The van der Waals surface area contributed by atoms with Crippen LogP contribution in [0.5, 0.6) is 0 Å². The van der Waals surface area contributed by atoms with Crippen LogP contribution in [-0.4, -0.2) is 25.6 Å². The lowest BCUT2D eigenvalue weighted by atomic mass is 9.96. The van der Waals surface area contributed by atoms with Gasteiger partial charge in [0.2, 0.25) is 0 Å². The topological polar surface area (TPSA) is 45.5 Å². The summed E-state index contributed by atoms with van der Waals surface area (Å²) < 4.78 is 2.98. The minimum Gasteiger partial charge on any atom is -0.331 e. The summed E-state index contributed by atoms with van der Waals surface area (Å²) in [5, 5.41) is 16.0. The van der Waals surface area contributed by atoms with E-state index in [4.69, 9.17) is 22.4 Å². The van der Waals surface area contributed by atoms with Gasteiger partial charge in [0.05, 0.1) is 23.1 Å². The molecule has 5 nitrogen and oxygen atoms in total. The number of rotatable bonds is 5. The van der Waals surface area contributed by atoms with Crippen LogP contribution in [0.1, 0.15) is 23.6 Å². The van der Waals surface area contributed by atoms with Gasteiger partial charge in [-0.15, -0.1) is 0 Å². The van der Waals surface area contributed by atoms with Gasteiger partial charge in [-0.3, -0.25) is 0 Å². The minimum absolute atomic E-state index is 0.134. The van der Waals surface area contributed by atoms with Gasteiger partial charge in [0, 0.05) is 33.9 Å². The van der Waals surface area contributed by atoms with E-state index in [1.165, 1.54) is 0 Å². The standard InChI is InChI=1S/C31H24BrN5S/c32-24-18-16-22(17-19-24)28-20-29(37(34-28)31(38)33-25-12-6-2-7-13-25)27-21-36(26-14-8-3-9-15-26)35-30(27)23-10-4-1-5-11-23/h1-19,21,29H,20H2,(H,33,38). The molecule has 0 radical (unpaired) electrons. The van der Waals surface area contributed by atoms with Crippen LogP contribution in [0.15, 0.2) is 131 Å². The van der Waals surface area contributed by atoms with Crippen LogP contribution < -0.4 is 5.32 Å². The quantitative estimate of drug-likeness (QED) is 0.216. The highest BCUT2D eigenvalue weighted by molar-refractivity contribution is 9.10. The first kappa shape index (κ1) is 24.3. The fourth-order valence-corrected chi connectivity index (χ4v) is 5.17. The Bertz CT molecular complexity index is 1580. The Morgan fingerprint density at radius 3 is 2.11 bits per heavy atom. The minimum atomic E-state index is -0.134. The first-order chi connectivity index (χ1) is 18.7. The summed E-state index contributed by atoms with van der Waals surface area (Å²) in [6.45, 7) is 0. The zero-order chi connectivity index (χ0) is 25.9. The van der Waals surface area contributed by atoms with E-state index in [2.05, 4.69) is 63.8 Å². The van der Waals surface area contributed by atoms with Crippen LogP contribution in [0.3, 0.4) is 0 Å². The molecule has 1 aromatic heterocycles. The number of hydrazone groups is 1. The van der Waals surface area contributed by atoms with Gasteiger partial charge in [-0.05, 0) is 54.2 Å². The van der Waals surface area contributed by atoms with Crippen LogP contribution in [0.4, 0.5) is 5.69 Å². The maximum atomic E-state index is 5.93. The molecule has 5 aromatic rings. The Morgan fingerprint density at radius 1 is 0.789 bits per heavy atom. The first-order valence-electron chi connectivity index (χ1n) is 12.3. The summed E-state index contributed by atoms with van der Waals surface area (Å²) in [7, 11) is 0. The summed E-state index contributed by atoms with van der Waals surface area (Å²) in [5.41, 5.74) is 7.00. The second-order valence-corrected chi connectivity index (χ2v) is 10.3. The third-order valence-electron chi connectivity index (χ3n) is 6.49. The Hall–Kier alpha value is -4.07. The van der Waals surface area contributed by atoms with Gasteiger partial charge < -0.3 is 5.32 Å². The van der Waals surface area contributed by atoms with Crippen molar-refractivity contribution in [2.45, 2.75) is 12.5 Å². The number of anilines is 1. The van der Waals surface area contributed by atoms with Crippen molar-refractivity contribution >= 4 is 44.7 Å². The number of hydrogen-bond donors (Lipinski definition) is 1. The maximum Gasteiger partial charge on any atom is 0.194 e. The molecule has 0 amide bonds. The Balaban J connectivity index is 1.44. The van der Waals surface area contributed by atoms with E-state index in [9.17, 15) is 0 Å². The van der Waals surface area contributed by atoms with E-state index < -0.39 is 0 Å². The Morgan fingerprint density at radius 2 is 1.42 bits per heavy atom. The zero-order valence-corrected chi connectivity index (χ0v) is 22.8. The molecule has 0 bridgehead atoms. The smallest absolute Gasteiger partial charge is 0.194 e. The number of nitrogens with zero attached hydrogens (tertiary/aromatic N) is 4. The van der Waals surface area contributed by atoms with Gasteiger partial charge >= 0.3 is 0 Å². The molecule has 7 heteroatoms. The predicted molar refractivity (Wildman–Crippen MR) is 162 cm³/mol. The molecule has 1 aliphatic heterocycles. The van der Waals surface area contributed by atoms with E-state index in [0.29, 0.717) is 11.5 Å². The fourth-order valence-electron chi connectivity index (χ4n) is 4.62. The molecule has 38 heavy (non-hydrogen) atoms. The van der Waals surface area contributed by atoms with Crippen molar-refractivity contribution in [3.63, 3.8) is 0 Å². The zero-order valence-electron chi connectivity index (χ0n) is 20.4. The number of thiocarbonyl (C=S) groups is 1. The van der Waals surface area contributed by atoms with Crippen molar-refractivity contribution in [1.29, 1.82) is 0 Å². The molecule has 1 unspecified atom stereocenters. The third kappa shape index (κ3) is 5.03. The fraction of sp³-hybridized carbons (Fsp3) is 0.0645. The van der Waals surface area contributed by atoms with E-state index in [1.807, 2.05) is 88.6 Å². The summed E-state index contributed by atoms with van der Waals surface area (Å²) in [5.74, 6) is 0. The average Bonchev–Trinajstić information content (AvgIpc) is 3.60. The predicted octanol–water partition coefficient (Wildman–Crippen LogP) is 7.85. The van der Waals surface area contributed by atoms with Crippen LogP contribution in [0, 0.1) is 0 Å². The van der Waals surface area contributed by atoms with Crippen LogP contribution in [0.25, 0.3) is 16.9 Å². The molecule has 186 valence electrons. The van der Waals surface area contributed by atoms with Gasteiger partial charge in [0.25, 0.3) is 0 Å². The third-order valence-corrected chi connectivity index (χ3v) is 7.31. The highest BCUT2D eigenvalue weighted by Crippen LogP contribution is 2.38. The number of halogens is 1. The average molecular weight is 579 g/mol. The summed E-state index contributed by atoms with van der Waals surface area (Å²) in [6, 6.07) is 38.5. The largest absolute Gasteiger partial charge is 0.331 e. The summed E-state index contributed by atoms with van der Waals surface area (Å²) in [4.78, 5) is 0. The molecule has 0 spiro atoms. The molecule has 1 aliphatic rings. The van der Waals surface area contributed by atoms with Crippen molar-refractivity contribution in [2.24, 2.45) is 5.10 Å². The van der Waals surface area contributed by atoms with Gasteiger partial charge in [0.1, 0.15) is 0 Å². The molecule has 0 fully saturated rings. The van der Waals surface area contributed by atoms with Crippen molar-refractivity contribution in [2.75, 3.05) is 5.32 Å². The van der Waals surface area contributed by atoms with E-state index in [1.54, 1.807) is 0 Å². The molecule has 1 N–H and O–H groups in total. The molecule has 4 aromatic carbocycles. The molecule has 0 aliphatic carbocycles. The number of benzene rings is 4. The highest BCUT2D eigenvalue weighted by Gasteiger charge is 2.35. The molecule has 0 saturated carbocycles. The second-order valence-electron chi connectivity index (χ2n) is 8.99. The van der Waals surface area contributed by atoms with Crippen LogP contribution >= 0.6 is 28.1 Å². The number of nitrogens with one attached hydrogen (secondary N) is 1. The van der Waals surface area contributed by atoms with Crippen LogP contribution in [-0.2, 0) is 0 Å². The van der Waals surface area contributed by atoms with Gasteiger partial charge in [-0.2, -0.15) is 10.2 Å². The number of hydrogen-bond acceptors (Lipinski definition) is 3. The van der Waals surface area contributed by atoms with Gasteiger partial charge in [0.15, 0.2) is 5.11 Å². The summed E-state index contributed by atoms with van der Waals surface area (Å²) >= 11 is 9.47. The van der Waals surface area contributed by atoms with E-state index >= 15 is 0 Å². The monoisotopic (exact) mass is 577 g/mol. The highest BCUT2D eigenvalue weighted by atomic mass is 79.9. The molecule has 6 rings (SSSR count). The molecule has 2 heterocycles. The van der Waals surface area contributed by atoms with Gasteiger partial charge in [-0.25, -0.2) is 9.69 Å². The normalized spacial score (nSPS) is 14.8. The number of para-hydroxylation sites is 2. The van der Waals surface area contributed by atoms with Gasteiger partial charge in [-0.1, -0.05) is 94.8 Å². The van der Waals surface area contributed by atoms with Crippen molar-refractivity contribution < 1.29 is 0 Å². The first-order valence-corrected chi connectivity index (χ1v) is 13.5. The molecular formula is C31H24BrN5S. The number of aromatic nitrogens is 2. The lowest BCUT2D eigenvalue weighted by Crippen LogP contribution is -2.31. The van der Waals surface area contributed by atoms with Crippen molar-refractivity contribution in [3.8, 4) is 16.9 Å². The lowest BCUT2D eigenvalue weighted by Gasteiger charge is -2.24. The second kappa shape index (κ2) is 10.7. The molecule has 1 atom stereocenters. The van der Waals surface area contributed by atoms with Crippen molar-refractivity contribution in [3.05, 3.63) is 137 Å². The molecular weight excluding hydrogens is 554 g/mol. The molecule has 0 saturated heterocycles. The Labute approximate surface area is 235 Å². The lowest BCUT2D eigenvalue weighted by molar-refractivity contribution is 0.376. The Kier molecular flexibility index (Phi) is 6.86. The van der Waals surface area contributed by atoms with E-state index in [-0.39, 0.29) is 6.04 Å².